The smallest absolute Gasteiger partial charge is 0.316 e. The minimum Gasteiger partial charge on any atom is -0.465 e. The molecule has 0 spiro atoms. The maximum absolute atomic E-state index is 12.7. The lowest BCUT2D eigenvalue weighted by molar-refractivity contribution is -0.152. The highest BCUT2D eigenvalue weighted by Gasteiger charge is 2.37. The number of ether oxygens (including phenoxy) is 1. The SMILES string of the molecule is CCOC(=O)C1(CCCO)C=CC(c2cccc(-c3ccc(NCCC(C)=O)c(C(C)(C)C)c3)c2)=CC1. The quantitative estimate of drug-likeness (QED) is 0.333. The molecule has 1 unspecified atom stereocenters. The molecule has 1 aliphatic rings. The Morgan fingerprint density at radius 2 is 1.81 bits per heavy atom. The van der Waals surface area contributed by atoms with Crippen LogP contribution < -0.4 is 5.32 Å². The van der Waals surface area contributed by atoms with Gasteiger partial charge in [-0.3, -0.25) is 9.59 Å². The number of allylic oxidation sites excluding steroid dienone is 3. The molecular formula is C32H41NO4. The standard InChI is InChI=1S/C32H41NO4/c1-6-37-30(36)32(16-8-20-34)17-13-24(14-18-32)25-9-7-10-26(21-25)27-11-12-29(33-19-15-23(2)35)28(22-27)31(3,4)5/h7,9-14,17,21-22,33-34H,6,8,15-16,18-20H2,1-5H3. The van der Waals surface area contributed by atoms with Crippen molar-refractivity contribution >= 4 is 23.0 Å². The van der Waals surface area contributed by atoms with Gasteiger partial charge in [-0.1, -0.05) is 63.3 Å². The second-order valence-corrected chi connectivity index (χ2v) is 10.9. The Bertz CT molecular complexity index is 1170. The Morgan fingerprint density at radius 3 is 2.43 bits per heavy atom. The van der Waals surface area contributed by atoms with Crippen LogP contribution in [0.1, 0.15) is 71.4 Å². The van der Waals surface area contributed by atoms with Crippen LogP contribution >= 0.6 is 0 Å². The van der Waals surface area contributed by atoms with Gasteiger partial charge in [0.05, 0.1) is 12.0 Å². The summed E-state index contributed by atoms with van der Waals surface area (Å²) in [6.07, 6.45) is 8.25. The van der Waals surface area contributed by atoms with E-state index < -0.39 is 5.41 Å². The molecule has 2 aromatic rings. The van der Waals surface area contributed by atoms with Gasteiger partial charge in [0.2, 0.25) is 0 Å². The van der Waals surface area contributed by atoms with Crippen LogP contribution in [0, 0.1) is 5.41 Å². The normalized spacial score (nSPS) is 17.3. The number of benzene rings is 2. The first-order chi connectivity index (χ1) is 17.6. The number of ketones is 1. The number of hydrogen-bond acceptors (Lipinski definition) is 5. The summed E-state index contributed by atoms with van der Waals surface area (Å²) in [4.78, 5) is 24.1. The van der Waals surface area contributed by atoms with Gasteiger partial charge in [-0.2, -0.15) is 0 Å². The van der Waals surface area contributed by atoms with E-state index in [9.17, 15) is 14.7 Å². The van der Waals surface area contributed by atoms with Gasteiger partial charge >= 0.3 is 5.97 Å². The van der Waals surface area contributed by atoms with Crippen molar-refractivity contribution in [3.63, 3.8) is 0 Å². The van der Waals surface area contributed by atoms with Crippen molar-refractivity contribution in [2.24, 2.45) is 5.41 Å². The molecule has 198 valence electrons. The molecule has 2 aromatic carbocycles. The van der Waals surface area contributed by atoms with E-state index in [1.807, 2.05) is 19.1 Å². The molecule has 5 nitrogen and oxygen atoms in total. The van der Waals surface area contributed by atoms with Crippen LogP contribution in [0.5, 0.6) is 0 Å². The molecule has 0 amide bonds. The molecule has 2 N–H and O–H groups in total. The zero-order chi connectivity index (χ0) is 27.1. The molecule has 0 aromatic heterocycles. The average molecular weight is 504 g/mol. The number of aliphatic hydroxyl groups excluding tert-OH is 1. The number of rotatable bonds is 11. The highest BCUT2D eigenvalue weighted by molar-refractivity contribution is 5.85. The summed E-state index contributed by atoms with van der Waals surface area (Å²) in [5, 5.41) is 12.8. The second-order valence-electron chi connectivity index (χ2n) is 10.9. The minimum atomic E-state index is -0.716. The number of anilines is 1. The molecule has 0 radical (unpaired) electrons. The summed E-state index contributed by atoms with van der Waals surface area (Å²) >= 11 is 0. The Labute approximate surface area is 221 Å². The molecule has 37 heavy (non-hydrogen) atoms. The lowest BCUT2D eigenvalue weighted by Gasteiger charge is -2.30. The third-order valence-corrected chi connectivity index (χ3v) is 6.88. The van der Waals surface area contributed by atoms with Crippen LogP contribution in [0.25, 0.3) is 16.7 Å². The number of Topliss-reactive ketones (excluding diaryl/α,β-unsaturated/α-hetero) is 1. The fourth-order valence-electron chi connectivity index (χ4n) is 4.75. The zero-order valence-corrected chi connectivity index (χ0v) is 22.9. The molecule has 5 heteroatoms. The molecule has 1 aliphatic carbocycles. The fraction of sp³-hybridized carbons (Fsp3) is 0.438. The van der Waals surface area contributed by atoms with Crippen LogP contribution in [-0.4, -0.2) is 36.6 Å². The zero-order valence-electron chi connectivity index (χ0n) is 22.9. The summed E-state index contributed by atoms with van der Waals surface area (Å²) in [7, 11) is 0. The summed E-state index contributed by atoms with van der Waals surface area (Å²) < 4.78 is 5.36. The Morgan fingerprint density at radius 1 is 1.08 bits per heavy atom. The minimum absolute atomic E-state index is 0.0508. The van der Waals surface area contributed by atoms with Crippen LogP contribution in [0.15, 0.2) is 60.7 Å². The number of nitrogens with one attached hydrogen (secondary N) is 1. The van der Waals surface area contributed by atoms with Gasteiger partial charge in [0.25, 0.3) is 0 Å². The van der Waals surface area contributed by atoms with Crippen LogP contribution in [0.2, 0.25) is 0 Å². The van der Waals surface area contributed by atoms with Gasteiger partial charge in [-0.15, -0.1) is 0 Å². The number of aliphatic hydroxyl groups is 1. The Balaban J connectivity index is 1.88. The average Bonchev–Trinajstić information content (AvgIpc) is 2.87. The highest BCUT2D eigenvalue weighted by Crippen LogP contribution is 2.39. The van der Waals surface area contributed by atoms with Crippen molar-refractivity contribution in [1.82, 2.24) is 0 Å². The number of carbonyl (C=O) groups excluding carboxylic acids is 2. The van der Waals surface area contributed by atoms with E-state index in [1.165, 1.54) is 5.56 Å². The van der Waals surface area contributed by atoms with Crippen LogP contribution in [0.4, 0.5) is 5.69 Å². The third-order valence-electron chi connectivity index (χ3n) is 6.88. The Hall–Kier alpha value is -3.18. The number of hydrogen-bond donors (Lipinski definition) is 2. The predicted molar refractivity (Wildman–Crippen MR) is 151 cm³/mol. The molecule has 0 saturated carbocycles. The van der Waals surface area contributed by atoms with E-state index >= 15 is 0 Å². The molecule has 0 fully saturated rings. The first-order valence-electron chi connectivity index (χ1n) is 13.3. The summed E-state index contributed by atoms with van der Waals surface area (Å²) in [6, 6.07) is 14.9. The monoisotopic (exact) mass is 503 g/mol. The van der Waals surface area contributed by atoms with E-state index in [1.54, 1.807) is 6.92 Å². The van der Waals surface area contributed by atoms with Crippen molar-refractivity contribution in [3.8, 4) is 11.1 Å². The molecule has 0 heterocycles. The summed E-state index contributed by atoms with van der Waals surface area (Å²) in [5.74, 6) is -0.0485. The summed E-state index contributed by atoms with van der Waals surface area (Å²) in [5.41, 5.74) is 5.91. The van der Waals surface area contributed by atoms with E-state index in [0.717, 1.165) is 28.0 Å². The van der Waals surface area contributed by atoms with E-state index in [0.29, 0.717) is 38.8 Å². The van der Waals surface area contributed by atoms with E-state index in [2.05, 4.69) is 74.6 Å². The molecule has 0 aliphatic heterocycles. The van der Waals surface area contributed by atoms with Gasteiger partial charge in [-0.05, 0) is 84.6 Å². The van der Waals surface area contributed by atoms with E-state index in [-0.39, 0.29) is 23.8 Å². The molecular weight excluding hydrogens is 462 g/mol. The van der Waals surface area contributed by atoms with Gasteiger partial charge in [0, 0.05) is 25.3 Å². The largest absolute Gasteiger partial charge is 0.465 e. The molecule has 0 bridgehead atoms. The van der Waals surface area contributed by atoms with Gasteiger partial charge in [-0.25, -0.2) is 0 Å². The lowest BCUT2D eigenvalue weighted by Crippen LogP contribution is -2.32. The lowest BCUT2D eigenvalue weighted by atomic mass is 9.75. The molecule has 0 saturated heterocycles. The third kappa shape index (κ3) is 7.20. The van der Waals surface area contributed by atoms with Gasteiger partial charge < -0.3 is 15.2 Å². The topological polar surface area (TPSA) is 75.6 Å². The van der Waals surface area contributed by atoms with Crippen molar-refractivity contribution in [2.45, 2.75) is 65.7 Å². The second kappa shape index (κ2) is 12.4. The van der Waals surface area contributed by atoms with Gasteiger partial charge in [0.1, 0.15) is 5.78 Å². The predicted octanol–water partition coefficient (Wildman–Crippen LogP) is 6.71. The molecule has 3 rings (SSSR count). The van der Waals surface area contributed by atoms with Crippen molar-refractivity contribution in [1.29, 1.82) is 0 Å². The van der Waals surface area contributed by atoms with Crippen molar-refractivity contribution in [3.05, 3.63) is 71.8 Å². The fourth-order valence-corrected chi connectivity index (χ4v) is 4.75. The van der Waals surface area contributed by atoms with Gasteiger partial charge in [0.15, 0.2) is 0 Å². The first-order valence-corrected chi connectivity index (χ1v) is 13.3. The van der Waals surface area contributed by atoms with Crippen molar-refractivity contribution < 1.29 is 19.4 Å². The number of carbonyl (C=O) groups is 2. The summed E-state index contributed by atoms with van der Waals surface area (Å²) in [6.45, 7) is 11.0. The van der Waals surface area contributed by atoms with E-state index in [4.69, 9.17) is 4.74 Å². The maximum atomic E-state index is 12.7. The first kappa shape index (κ1) is 28.4. The van der Waals surface area contributed by atoms with Crippen LogP contribution in [0.3, 0.4) is 0 Å². The van der Waals surface area contributed by atoms with Crippen LogP contribution in [-0.2, 0) is 19.7 Å². The number of esters is 1. The highest BCUT2D eigenvalue weighted by atomic mass is 16.5. The maximum Gasteiger partial charge on any atom is 0.316 e. The Kier molecular flexibility index (Phi) is 9.50. The molecule has 1 atom stereocenters. The van der Waals surface area contributed by atoms with Crippen molar-refractivity contribution in [2.75, 3.05) is 25.1 Å².